The zero-order chi connectivity index (χ0) is 14.7. The SMILES string of the molecule is CCN(CC)S(=O)(=O)N1CCC(C)(C(N)=NO)CC1. The largest absolute Gasteiger partial charge is 0.409 e. The minimum atomic E-state index is -3.38. The van der Waals surface area contributed by atoms with E-state index < -0.39 is 15.6 Å². The van der Waals surface area contributed by atoms with Crippen molar-refractivity contribution in [3.63, 3.8) is 0 Å². The van der Waals surface area contributed by atoms with E-state index in [9.17, 15) is 8.42 Å². The summed E-state index contributed by atoms with van der Waals surface area (Å²) in [6.07, 6.45) is 1.12. The third kappa shape index (κ3) is 3.18. The molecule has 1 aliphatic rings. The number of amidine groups is 1. The molecule has 1 aliphatic heterocycles. The lowest BCUT2D eigenvalue weighted by atomic mass is 9.80. The molecule has 0 saturated carbocycles. The Hall–Kier alpha value is -0.860. The molecule has 0 radical (unpaired) electrons. The molecule has 1 saturated heterocycles. The topological polar surface area (TPSA) is 99.2 Å². The fraction of sp³-hybridized carbons (Fsp3) is 0.909. The lowest BCUT2D eigenvalue weighted by Gasteiger charge is -2.39. The number of nitrogens with zero attached hydrogens (tertiary/aromatic N) is 3. The van der Waals surface area contributed by atoms with Crippen LogP contribution in [0, 0.1) is 5.41 Å². The standard InChI is InChI=1S/C11H24N4O3S/c1-4-14(5-2)19(17,18)15-8-6-11(3,7-9-15)10(12)13-16/h16H,4-9H2,1-3H3,(H2,12,13). The van der Waals surface area contributed by atoms with Gasteiger partial charge in [0.25, 0.3) is 10.2 Å². The van der Waals surface area contributed by atoms with Crippen LogP contribution in [0.4, 0.5) is 0 Å². The van der Waals surface area contributed by atoms with Crippen LogP contribution in [0.3, 0.4) is 0 Å². The van der Waals surface area contributed by atoms with E-state index in [4.69, 9.17) is 10.9 Å². The van der Waals surface area contributed by atoms with Gasteiger partial charge < -0.3 is 10.9 Å². The highest BCUT2D eigenvalue weighted by Crippen LogP contribution is 2.32. The lowest BCUT2D eigenvalue weighted by Crippen LogP contribution is -2.51. The van der Waals surface area contributed by atoms with E-state index in [1.807, 2.05) is 20.8 Å². The van der Waals surface area contributed by atoms with Gasteiger partial charge >= 0.3 is 0 Å². The molecule has 0 aromatic carbocycles. The zero-order valence-corrected chi connectivity index (χ0v) is 12.7. The van der Waals surface area contributed by atoms with Gasteiger partial charge in [-0.2, -0.15) is 17.0 Å². The van der Waals surface area contributed by atoms with Crippen LogP contribution in [-0.2, 0) is 10.2 Å². The normalized spacial score (nSPS) is 21.8. The molecule has 0 aliphatic carbocycles. The van der Waals surface area contributed by atoms with Crippen molar-refractivity contribution >= 4 is 16.0 Å². The van der Waals surface area contributed by atoms with Crippen molar-refractivity contribution in [1.29, 1.82) is 0 Å². The van der Waals surface area contributed by atoms with Gasteiger partial charge in [-0.3, -0.25) is 0 Å². The summed E-state index contributed by atoms with van der Waals surface area (Å²) in [6, 6.07) is 0. The Morgan fingerprint density at radius 2 is 1.84 bits per heavy atom. The molecule has 1 rings (SSSR count). The lowest BCUT2D eigenvalue weighted by molar-refractivity contribution is 0.219. The molecule has 1 fully saturated rings. The monoisotopic (exact) mass is 292 g/mol. The van der Waals surface area contributed by atoms with Gasteiger partial charge in [-0.15, -0.1) is 0 Å². The Balaban J connectivity index is 2.79. The first-order valence-corrected chi connectivity index (χ1v) is 7.94. The van der Waals surface area contributed by atoms with Crippen LogP contribution in [0.15, 0.2) is 5.16 Å². The van der Waals surface area contributed by atoms with Crippen molar-refractivity contribution in [3.05, 3.63) is 0 Å². The maximum absolute atomic E-state index is 12.3. The quantitative estimate of drug-likeness (QED) is 0.332. The highest BCUT2D eigenvalue weighted by Gasteiger charge is 2.39. The molecule has 7 nitrogen and oxygen atoms in total. The van der Waals surface area contributed by atoms with Crippen molar-refractivity contribution in [1.82, 2.24) is 8.61 Å². The van der Waals surface area contributed by atoms with Gasteiger partial charge in [0.05, 0.1) is 0 Å². The van der Waals surface area contributed by atoms with Crippen molar-refractivity contribution in [3.8, 4) is 0 Å². The summed E-state index contributed by atoms with van der Waals surface area (Å²) in [5, 5.41) is 11.8. The molecule has 8 heteroatoms. The summed E-state index contributed by atoms with van der Waals surface area (Å²) < 4.78 is 27.6. The van der Waals surface area contributed by atoms with E-state index in [0.717, 1.165) is 0 Å². The van der Waals surface area contributed by atoms with Crippen LogP contribution < -0.4 is 5.73 Å². The molecule has 0 unspecified atom stereocenters. The maximum atomic E-state index is 12.3. The molecular formula is C11H24N4O3S. The second kappa shape index (κ2) is 6.06. The Bertz CT molecular complexity index is 423. The van der Waals surface area contributed by atoms with Crippen LogP contribution in [0.2, 0.25) is 0 Å². The van der Waals surface area contributed by atoms with Crippen LogP contribution in [-0.4, -0.2) is 54.3 Å². The molecule has 0 spiro atoms. The summed E-state index contributed by atoms with van der Waals surface area (Å²) in [5.74, 6) is 0.174. The Labute approximate surface area is 115 Å². The summed E-state index contributed by atoms with van der Waals surface area (Å²) in [6.45, 7) is 7.26. The highest BCUT2D eigenvalue weighted by molar-refractivity contribution is 7.86. The predicted octanol–water partition coefficient (Wildman–Crippen LogP) is 0.422. The molecule has 3 N–H and O–H groups in total. The van der Waals surface area contributed by atoms with Crippen LogP contribution in [0.1, 0.15) is 33.6 Å². The van der Waals surface area contributed by atoms with E-state index in [1.165, 1.54) is 8.61 Å². The second-order valence-electron chi connectivity index (χ2n) is 5.04. The van der Waals surface area contributed by atoms with Crippen molar-refractivity contribution in [2.75, 3.05) is 26.2 Å². The van der Waals surface area contributed by atoms with E-state index in [-0.39, 0.29) is 5.84 Å². The third-order valence-electron chi connectivity index (χ3n) is 3.91. The fourth-order valence-corrected chi connectivity index (χ4v) is 3.92. The minimum Gasteiger partial charge on any atom is -0.409 e. The fourth-order valence-electron chi connectivity index (χ4n) is 2.30. The Morgan fingerprint density at radius 1 is 1.37 bits per heavy atom. The van der Waals surface area contributed by atoms with Gasteiger partial charge in [-0.05, 0) is 12.8 Å². The van der Waals surface area contributed by atoms with Gasteiger partial charge in [0.2, 0.25) is 0 Å². The average molecular weight is 292 g/mol. The summed E-state index contributed by atoms with van der Waals surface area (Å²) in [7, 11) is -3.38. The van der Waals surface area contributed by atoms with E-state index in [2.05, 4.69) is 5.16 Å². The number of piperidine rings is 1. The average Bonchev–Trinajstić information content (AvgIpc) is 2.39. The first kappa shape index (κ1) is 16.2. The number of hydrogen-bond donors (Lipinski definition) is 2. The number of rotatable bonds is 5. The molecule has 112 valence electrons. The summed E-state index contributed by atoms with van der Waals surface area (Å²) in [4.78, 5) is 0. The first-order valence-electron chi connectivity index (χ1n) is 6.55. The second-order valence-corrected chi connectivity index (χ2v) is 6.97. The maximum Gasteiger partial charge on any atom is 0.281 e. The van der Waals surface area contributed by atoms with Gasteiger partial charge in [-0.1, -0.05) is 25.9 Å². The zero-order valence-electron chi connectivity index (χ0n) is 11.8. The van der Waals surface area contributed by atoms with E-state index in [0.29, 0.717) is 39.0 Å². The van der Waals surface area contributed by atoms with Crippen molar-refractivity contribution in [2.24, 2.45) is 16.3 Å². The molecule has 0 bridgehead atoms. The van der Waals surface area contributed by atoms with E-state index in [1.54, 1.807) is 0 Å². The molecule has 0 amide bonds. The van der Waals surface area contributed by atoms with Gasteiger partial charge in [0, 0.05) is 31.6 Å². The molecule has 0 atom stereocenters. The summed E-state index contributed by atoms with van der Waals surface area (Å²) >= 11 is 0. The number of nitrogens with two attached hydrogens (primary N) is 1. The minimum absolute atomic E-state index is 0.174. The van der Waals surface area contributed by atoms with Gasteiger partial charge in [-0.25, -0.2) is 0 Å². The van der Waals surface area contributed by atoms with Gasteiger partial charge in [0.1, 0.15) is 5.84 Å². The van der Waals surface area contributed by atoms with Crippen LogP contribution in [0.5, 0.6) is 0 Å². The third-order valence-corrected chi connectivity index (χ3v) is 6.10. The molecule has 1 heterocycles. The number of oxime groups is 1. The molecule has 19 heavy (non-hydrogen) atoms. The first-order chi connectivity index (χ1) is 8.81. The molecular weight excluding hydrogens is 268 g/mol. The smallest absolute Gasteiger partial charge is 0.281 e. The highest BCUT2D eigenvalue weighted by atomic mass is 32.2. The number of hydrogen-bond acceptors (Lipinski definition) is 4. The Morgan fingerprint density at radius 3 is 2.21 bits per heavy atom. The van der Waals surface area contributed by atoms with Gasteiger partial charge in [0.15, 0.2) is 0 Å². The molecule has 0 aromatic rings. The van der Waals surface area contributed by atoms with Crippen molar-refractivity contribution in [2.45, 2.75) is 33.6 Å². The Kier molecular flexibility index (Phi) is 5.17. The van der Waals surface area contributed by atoms with E-state index >= 15 is 0 Å². The van der Waals surface area contributed by atoms with Crippen LogP contribution >= 0.6 is 0 Å². The van der Waals surface area contributed by atoms with Crippen molar-refractivity contribution < 1.29 is 13.6 Å². The summed E-state index contributed by atoms with van der Waals surface area (Å²) in [5.41, 5.74) is 5.24. The molecule has 0 aromatic heterocycles. The predicted molar refractivity (Wildman–Crippen MR) is 74.2 cm³/mol. The van der Waals surface area contributed by atoms with Crippen LogP contribution in [0.25, 0.3) is 0 Å².